The molecule has 2 aromatic carbocycles. The highest BCUT2D eigenvalue weighted by atomic mass is 35.5. The summed E-state index contributed by atoms with van der Waals surface area (Å²) in [5, 5.41) is 5.39. The van der Waals surface area contributed by atoms with Crippen LogP contribution in [0.25, 0.3) is 0 Å². The zero-order valence-corrected chi connectivity index (χ0v) is 19.3. The van der Waals surface area contributed by atoms with Gasteiger partial charge in [0.05, 0.1) is 19.3 Å². The van der Waals surface area contributed by atoms with E-state index in [1.54, 1.807) is 41.3 Å². The number of halogens is 1. The average Bonchev–Trinajstić information content (AvgIpc) is 3.26. The molecule has 1 atom stereocenters. The van der Waals surface area contributed by atoms with E-state index in [9.17, 15) is 9.59 Å². The maximum Gasteiger partial charge on any atom is 0.255 e. The third-order valence-electron chi connectivity index (χ3n) is 5.07. The number of ether oxygens (including phenoxy) is 2. The second-order valence-electron chi connectivity index (χ2n) is 7.16. The number of fused-ring (bicyclic) bond motifs is 1. The van der Waals surface area contributed by atoms with Crippen LogP contribution in [0, 0.1) is 0 Å². The van der Waals surface area contributed by atoms with Gasteiger partial charge in [0.15, 0.2) is 11.5 Å². The summed E-state index contributed by atoms with van der Waals surface area (Å²) < 4.78 is 11.3. The number of anilines is 1. The molecule has 1 unspecified atom stereocenters. The first-order chi connectivity index (χ1) is 15.5. The highest BCUT2D eigenvalue weighted by Gasteiger charge is 2.35. The Bertz CT molecular complexity index is 1130. The van der Waals surface area contributed by atoms with Gasteiger partial charge in [0.25, 0.3) is 5.91 Å². The molecule has 1 aliphatic rings. The Morgan fingerprint density at radius 1 is 1.12 bits per heavy atom. The molecule has 0 bridgehead atoms. The lowest BCUT2D eigenvalue weighted by molar-refractivity contribution is -0.117. The van der Waals surface area contributed by atoms with Crippen molar-refractivity contribution in [2.75, 3.05) is 25.1 Å². The van der Waals surface area contributed by atoms with E-state index < -0.39 is 6.04 Å². The molecule has 1 aliphatic heterocycles. The molecular formula is C24H23ClN2O4S. The Kier molecular flexibility index (Phi) is 6.67. The second-order valence-corrected chi connectivity index (χ2v) is 8.57. The smallest absolute Gasteiger partial charge is 0.255 e. The predicted molar refractivity (Wildman–Crippen MR) is 126 cm³/mol. The van der Waals surface area contributed by atoms with E-state index >= 15 is 0 Å². The summed E-state index contributed by atoms with van der Waals surface area (Å²) in [6.07, 6.45) is 0. The average molecular weight is 471 g/mol. The first-order valence-electron chi connectivity index (χ1n) is 10.3. The zero-order valence-electron chi connectivity index (χ0n) is 17.8. The third-order valence-corrected chi connectivity index (χ3v) is 6.23. The third kappa shape index (κ3) is 4.45. The summed E-state index contributed by atoms with van der Waals surface area (Å²) in [5.74, 6) is 0.523. The van der Waals surface area contributed by atoms with Gasteiger partial charge in [-0.25, -0.2) is 0 Å². The van der Waals surface area contributed by atoms with Gasteiger partial charge in [-0.1, -0.05) is 17.7 Å². The quantitative estimate of drug-likeness (QED) is 0.525. The number of nitrogens with one attached hydrogen (secondary N) is 1. The van der Waals surface area contributed by atoms with Crippen molar-refractivity contribution in [1.29, 1.82) is 0 Å². The van der Waals surface area contributed by atoms with E-state index in [4.69, 9.17) is 21.1 Å². The fourth-order valence-electron chi connectivity index (χ4n) is 3.77. The molecule has 4 rings (SSSR count). The van der Waals surface area contributed by atoms with Crippen LogP contribution >= 0.6 is 22.9 Å². The van der Waals surface area contributed by atoms with Gasteiger partial charge < -0.3 is 19.7 Å². The number of hydrogen-bond donors (Lipinski definition) is 1. The normalized spacial score (nSPS) is 15.5. The van der Waals surface area contributed by atoms with Crippen molar-refractivity contribution < 1.29 is 19.1 Å². The van der Waals surface area contributed by atoms with Crippen molar-refractivity contribution in [1.82, 2.24) is 4.90 Å². The van der Waals surface area contributed by atoms with Crippen molar-refractivity contribution in [2.24, 2.45) is 0 Å². The highest BCUT2D eigenvalue weighted by molar-refractivity contribution is 7.10. The number of hydrogen-bond acceptors (Lipinski definition) is 5. The number of nitrogens with zero attached hydrogens (tertiary/aromatic N) is 1. The monoisotopic (exact) mass is 470 g/mol. The van der Waals surface area contributed by atoms with Crippen LogP contribution in [-0.4, -0.2) is 36.5 Å². The van der Waals surface area contributed by atoms with Crippen molar-refractivity contribution in [3.8, 4) is 11.5 Å². The Hall–Kier alpha value is -3.03. The molecule has 32 heavy (non-hydrogen) atoms. The lowest BCUT2D eigenvalue weighted by Crippen LogP contribution is -2.38. The van der Waals surface area contributed by atoms with Gasteiger partial charge in [-0.2, -0.15) is 0 Å². The minimum Gasteiger partial charge on any atom is -0.490 e. The van der Waals surface area contributed by atoms with Crippen molar-refractivity contribution in [3.05, 3.63) is 74.9 Å². The summed E-state index contributed by atoms with van der Waals surface area (Å²) in [6, 6.07) is 13.8. The molecule has 0 saturated carbocycles. The van der Waals surface area contributed by atoms with Crippen molar-refractivity contribution in [3.63, 3.8) is 0 Å². The molecule has 0 spiro atoms. The summed E-state index contributed by atoms with van der Waals surface area (Å²) in [6.45, 7) is 4.59. The van der Waals surface area contributed by atoms with Crippen LogP contribution in [0.5, 0.6) is 11.5 Å². The number of carbonyl (C=O) groups is 2. The summed E-state index contributed by atoms with van der Waals surface area (Å²) in [7, 11) is 0. The van der Waals surface area contributed by atoms with Gasteiger partial charge in [0, 0.05) is 26.7 Å². The van der Waals surface area contributed by atoms with Crippen molar-refractivity contribution in [2.45, 2.75) is 19.9 Å². The number of benzene rings is 2. The second kappa shape index (κ2) is 9.63. The zero-order chi connectivity index (χ0) is 22.7. The number of rotatable bonds is 6. The Morgan fingerprint density at radius 3 is 2.62 bits per heavy atom. The minimum absolute atomic E-state index is 0.0924. The van der Waals surface area contributed by atoms with Crippen LogP contribution in [0.2, 0.25) is 5.02 Å². The maximum absolute atomic E-state index is 13.7. The van der Waals surface area contributed by atoms with Crippen LogP contribution in [0.4, 0.5) is 5.69 Å². The van der Waals surface area contributed by atoms with Crippen LogP contribution in [0.3, 0.4) is 0 Å². The van der Waals surface area contributed by atoms with Crippen molar-refractivity contribution >= 4 is 40.4 Å². The van der Waals surface area contributed by atoms with Crippen LogP contribution in [0.15, 0.2) is 53.9 Å². The van der Waals surface area contributed by atoms with Gasteiger partial charge in [-0.05, 0) is 61.7 Å². The first kappa shape index (κ1) is 22.2. The molecule has 166 valence electrons. The van der Waals surface area contributed by atoms with E-state index in [-0.39, 0.29) is 18.4 Å². The Labute approximate surface area is 195 Å². The fourth-order valence-corrected chi connectivity index (χ4v) is 4.81. The topological polar surface area (TPSA) is 67.9 Å². The number of thiophene rings is 1. The molecule has 0 saturated heterocycles. The number of carbonyl (C=O) groups excluding carboxylic acids is 2. The summed E-state index contributed by atoms with van der Waals surface area (Å²) in [4.78, 5) is 29.0. The molecule has 0 fully saturated rings. The number of amides is 2. The minimum atomic E-state index is -0.461. The fraction of sp³-hybridized carbons (Fsp3) is 0.250. The molecule has 1 aromatic heterocycles. The molecule has 1 N–H and O–H groups in total. The van der Waals surface area contributed by atoms with Gasteiger partial charge in [-0.3, -0.25) is 9.59 Å². The first-order valence-corrected chi connectivity index (χ1v) is 11.6. The van der Waals surface area contributed by atoms with Crippen LogP contribution in [0.1, 0.15) is 40.7 Å². The molecule has 6 nitrogen and oxygen atoms in total. The van der Waals surface area contributed by atoms with E-state index in [1.165, 1.54) is 11.3 Å². The molecule has 2 amide bonds. The highest BCUT2D eigenvalue weighted by Crippen LogP contribution is 2.40. The lowest BCUT2D eigenvalue weighted by Gasteiger charge is -2.30. The van der Waals surface area contributed by atoms with E-state index in [0.29, 0.717) is 41.0 Å². The van der Waals surface area contributed by atoms with E-state index in [1.807, 2.05) is 31.4 Å². The summed E-state index contributed by atoms with van der Waals surface area (Å²) >= 11 is 7.82. The van der Waals surface area contributed by atoms with Gasteiger partial charge in [-0.15, -0.1) is 11.3 Å². The standard InChI is InChI=1S/C24H23ClN2O4S/c1-3-30-19-10-7-15(12-20(19)31-4-2)24(29)27-14-22(28)26-18-9-8-16(25)13-17(18)23(27)21-6-5-11-32-21/h5-13,23H,3-4,14H2,1-2H3,(H,26,28). The molecule has 0 radical (unpaired) electrons. The maximum atomic E-state index is 13.7. The molecule has 0 aliphatic carbocycles. The van der Waals surface area contributed by atoms with Gasteiger partial charge in [0.2, 0.25) is 5.91 Å². The Balaban J connectivity index is 1.80. The van der Waals surface area contributed by atoms with E-state index in [2.05, 4.69) is 5.32 Å². The molecular weight excluding hydrogens is 448 g/mol. The van der Waals surface area contributed by atoms with Crippen LogP contribution < -0.4 is 14.8 Å². The Morgan fingerprint density at radius 2 is 1.91 bits per heavy atom. The summed E-state index contributed by atoms with van der Waals surface area (Å²) in [5.41, 5.74) is 1.83. The van der Waals surface area contributed by atoms with E-state index in [0.717, 1.165) is 10.4 Å². The molecule has 3 aromatic rings. The molecule has 8 heteroatoms. The lowest BCUT2D eigenvalue weighted by atomic mass is 10.0. The van der Waals surface area contributed by atoms with Gasteiger partial charge >= 0.3 is 0 Å². The predicted octanol–water partition coefficient (Wildman–Crippen LogP) is 5.38. The molecule has 2 heterocycles. The largest absolute Gasteiger partial charge is 0.490 e. The van der Waals surface area contributed by atoms with Crippen LogP contribution in [-0.2, 0) is 4.79 Å². The van der Waals surface area contributed by atoms with Gasteiger partial charge in [0.1, 0.15) is 6.54 Å². The SMILES string of the molecule is CCOc1ccc(C(=O)N2CC(=O)Nc3ccc(Cl)cc3C2c2cccs2)cc1OCC.